The predicted octanol–water partition coefficient (Wildman–Crippen LogP) is 2.08. The fourth-order valence-electron chi connectivity index (χ4n) is 1.53. The molecule has 0 saturated carbocycles. The van der Waals surface area contributed by atoms with Crippen molar-refractivity contribution in [1.29, 1.82) is 0 Å². The minimum absolute atomic E-state index is 0.589. The second kappa shape index (κ2) is 7.68. The molecule has 0 spiro atoms. The summed E-state index contributed by atoms with van der Waals surface area (Å²) in [6.07, 6.45) is 5.25. The molecule has 1 atom stereocenters. The van der Waals surface area contributed by atoms with Gasteiger partial charge in [-0.15, -0.1) is 0 Å². The van der Waals surface area contributed by atoms with Crippen LogP contribution in [-0.4, -0.2) is 33.1 Å². The van der Waals surface area contributed by atoms with Crippen molar-refractivity contribution in [2.24, 2.45) is 7.05 Å². The SMILES string of the molecule is CCCNC(CCC)CSc1ncnn1C. The maximum absolute atomic E-state index is 4.22. The Balaban J connectivity index is 2.34. The van der Waals surface area contributed by atoms with Gasteiger partial charge in [0.05, 0.1) is 0 Å². The Morgan fingerprint density at radius 2 is 2.25 bits per heavy atom. The summed E-state index contributed by atoms with van der Waals surface area (Å²) in [5.41, 5.74) is 0. The molecule has 0 aliphatic heterocycles. The summed E-state index contributed by atoms with van der Waals surface area (Å²) in [4.78, 5) is 4.22. The number of nitrogens with one attached hydrogen (secondary N) is 1. The number of nitrogens with zero attached hydrogens (tertiary/aromatic N) is 3. The predicted molar refractivity (Wildman–Crippen MR) is 68.7 cm³/mol. The molecule has 0 bridgehead atoms. The van der Waals surface area contributed by atoms with Gasteiger partial charge >= 0.3 is 0 Å². The molecule has 92 valence electrons. The van der Waals surface area contributed by atoms with E-state index >= 15 is 0 Å². The second-order valence-electron chi connectivity index (χ2n) is 3.92. The number of hydrogen-bond acceptors (Lipinski definition) is 4. The summed E-state index contributed by atoms with van der Waals surface area (Å²) in [6.45, 7) is 5.53. The highest BCUT2D eigenvalue weighted by Gasteiger charge is 2.09. The normalized spacial score (nSPS) is 12.9. The molecule has 0 radical (unpaired) electrons. The van der Waals surface area contributed by atoms with Gasteiger partial charge in [0.25, 0.3) is 0 Å². The number of thioether (sulfide) groups is 1. The molecular formula is C11H22N4S. The van der Waals surface area contributed by atoms with Crippen LogP contribution in [0.2, 0.25) is 0 Å². The van der Waals surface area contributed by atoms with E-state index in [4.69, 9.17) is 0 Å². The van der Waals surface area contributed by atoms with Gasteiger partial charge in [-0.1, -0.05) is 32.0 Å². The molecule has 1 aromatic heterocycles. The molecule has 1 unspecified atom stereocenters. The molecule has 1 heterocycles. The van der Waals surface area contributed by atoms with Crippen LogP contribution >= 0.6 is 11.8 Å². The molecule has 16 heavy (non-hydrogen) atoms. The molecule has 1 rings (SSSR count). The zero-order valence-electron chi connectivity index (χ0n) is 10.4. The van der Waals surface area contributed by atoms with Crippen molar-refractivity contribution in [3.8, 4) is 0 Å². The molecule has 1 aromatic rings. The van der Waals surface area contributed by atoms with Crippen LogP contribution in [0.5, 0.6) is 0 Å². The van der Waals surface area contributed by atoms with Crippen LogP contribution < -0.4 is 5.32 Å². The summed E-state index contributed by atoms with van der Waals surface area (Å²) in [5.74, 6) is 1.07. The zero-order valence-corrected chi connectivity index (χ0v) is 11.3. The average Bonchev–Trinajstić information content (AvgIpc) is 2.68. The maximum atomic E-state index is 4.22. The first-order valence-electron chi connectivity index (χ1n) is 5.98. The van der Waals surface area contributed by atoms with Gasteiger partial charge in [0.1, 0.15) is 6.33 Å². The molecule has 0 aliphatic carbocycles. The first kappa shape index (κ1) is 13.5. The van der Waals surface area contributed by atoms with Crippen molar-refractivity contribution >= 4 is 11.8 Å². The van der Waals surface area contributed by atoms with Crippen LogP contribution in [0.15, 0.2) is 11.5 Å². The minimum Gasteiger partial charge on any atom is -0.313 e. The smallest absolute Gasteiger partial charge is 0.185 e. The van der Waals surface area contributed by atoms with Gasteiger partial charge in [-0.3, -0.25) is 0 Å². The summed E-state index contributed by atoms with van der Waals surface area (Å²) in [7, 11) is 1.93. The van der Waals surface area contributed by atoms with E-state index in [0.29, 0.717) is 6.04 Å². The Labute approximate surface area is 102 Å². The first-order chi connectivity index (χ1) is 7.77. The fraction of sp³-hybridized carbons (Fsp3) is 0.818. The van der Waals surface area contributed by atoms with Crippen LogP contribution in [0, 0.1) is 0 Å². The van der Waals surface area contributed by atoms with E-state index in [9.17, 15) is 0 Å². The molecule has 1 N–H and O–H groups in total. The van der Waals surface area contributed by atoms with Gasteiger partial charge in [0, 0.05) is 18.8 Å². The molecule has 4 nitrogen and oxygen atoms in total. The Kier molecular flexibility index (Phi) is 6.49. The van der Waals surface area contributed by atoms with Crippen molar-refractivity contribution < 1.29 is 0 Å². The van der Waals surface area contributed by atoms with E-state index in [2.05, 4.69) is 29.2 Å². The lowest BCUT2D eigenvalue weighted by Crippen LogP contribution is -2.31. The Bertz CT molecular complexity index is 287. The van der Waals surface area contributed by atoms with Crippen molar-refractivity contribution in [2.75, 3.05) is 12.3 Å². The van der Waals surface area contributed by atoms with E-state index in [1.54, 1.807) is 18.1 Å². The number of hydrogen-bond donors (Lipinski definition) is 1. The van der Waals surface area contributed by atoms with E-state index in [1.165, 1.54) is 19.3 Å². The van der Waals surface area contributed by atoms with Crippen LogP contribution in [0.4, 0.5) is 0 Å². The maximum Gasteiger partial charge on any atom is 0.185 e. The van der Waals surface area contributed by atoms with E-state index in [0.717, 1.165) is 17.5 Å². The Morgan fingerprint density at radius 1 is 1.44 bits per heavy atom. The lowest BCUT2D eigenvalue weighted by molar-refractivity contribution is 0.514. The van der Waals surface area contributed by atoms with Gasteiger partial charge in [0.2, 0.25) is 0 Å². The van der Waals surface area contributed by atoms with Gasteiger partial charge in [-0.2, -0.15) is 5.10 Å². The monoisotopic (exact) mass is 242 g/mol. The third-order valence-corrected chi connectivity index (χ3v) is 3.60. The van der Waals surface area contributed by atoms with Crippen LogP contribution in [0.3, 0.4) is 0 Å². The van der Waals surface area contributed by atoms with Crippen molar-refractivity contribution in [1.82, 2.24) is 20.1 Å². The quantitative estimate of drug-likeness (QED) is 0.709. The lowest BCUT2D eigenvalue weighted by Gasteiger charge is -2.16. The average molecular weight is 242 g/mol. The second-order valence-corrected chi connectivity index (χ2v) is 4.90. The van der Waals surface area contributed by atoms with Crippen LogP contribution in [0.25, 0.3) is 0 Å². The highest BCUT2D eigenvalue weighted by Crippen LogP contribution is 2.16. The first-order valence-corrected chi connectivity index (χ1v) is 6.96. The third kappa shape index (κ3) is 4.53. The highest BCUT2D eigenvalue weighted by atomic mass is 32.2. The van der Waals surface area contributed by atoms with E-state index < -0.39 is 0 Å². The van der Waals surface area contributed by atoms with E-state index in [-0.39, 0.29) is 0 Å². The topological polar surface area (TPSA) is 42.7 Å². The standard InChI is InChI=1S/C11H22N4S/c1-4-6-10(12-7-5-2)8-16-11-13-9-14-15(11)3/h9-10,12H,4-8H2,1-3H3. The number of aromatic nitrogens is 3. The lowest BCUT2D eigenvalue weighted by atomic mass is 10.2. The molecule has 0 aromatic carbocycles. The van der Waals surface area contributed by atoms with Gasteiger partial charge in [-0.05, 0) is 19.4 Å². The Morgan fingerprint density at radius 3 is 2.81 bits per heavy atom. The molecule has 0 aliphatic rings. The van der Waals surface area contributed by atoms with Gasteiger partial charge in [0.15, 0.2) is 5.16 Å². The van der Waals surface area contributed by atoms with Crippen molar-refractivity contribution in [3.05, 3.63) is 6.33 Å². The molecule has 0 fully saturated rings. The van der Waals surface area contributed by atoms with Crippen molar-refractivity contribution in [2.45, 2.75) is 44.3 Å². The largest absolute Gasteiger partial charge is 0.313 e. The Hall–Kier alpha value is -0.550. The van der Waals surface area contributed by atoms with E-state index in [1.807, 2.05) is 11.7 Å². The van der Waals surface area contributed by atoms with Crippen molar-refractivity contribution in [3.63, 3.8) is 0 Å². The fourth-order valence-corrected chi connectivity index (χ4v) is 2.52. The summed E-state index contributed by atoms with van der Waals surface area (Å²) in [5, 5.41) is 8.64. The molecule has 5 heteroatoms. The zero-order chi connectivity index (χ0) is 11.8. The van der Waals surface area contributed by atoms with Gasteiger partial charge < -0.3 is 5.32 Å². The summed E-state index contributed by atoms with van der Waals surface area (Å²) in [6, 6.07) is 0.589. The van der Waals surface area contributed by atoms with Crippen LogP contribution in [-0.2, 0) is 7.05 Å². The highest BCUT2D eigenvalue weighted by molar-refractivity contribution is 7.99. The molecular weight excluding hydrogens is 220 g/mol. The summed E-state index contributed by atoms with van der Waals surface area (Å²) < 4.78 is 1.83. The number of aryl methyl sites for hydroxylation is 1. The van der Waals surface area contributed by atoms with Crippen LogP contribution in [0.1, 0.15) is 33.1 Å². The minimum atomic E-state index is 0.589. The number of rotatable bonds is 8. The third-order valence-electron chi connectivity index (χ3n) is 2.40. The molecule has 0 saturated heterocycles. The molecule has 0 amide bonds. The van der Waals surface area contributed by atoms with Gasteiger partial charge in [-0.25, -0.2) is 9.67 Å². The summed E-state index contributed by atoms with van der Waals surface area (Å²) >= 11 is 1.78.